The van der Waals surface area contributed by atoms with Crippen molar-refractivity contribution in [2.45, 2.75) is 32.6 Å². The standard InChI is InChI=1S/C20H22N4O3S/c1-14-6-2-3-8-16(14)22-19(26)20-24-23-18(28-20)10-4-9-17(25)21-12-11-15-7-5-13-27-15/h2-3,5-8,13H,4,9-12H2,1H3,(H,21,25)(H,22,26). The maximum atomic E-state index is 12.3. The van der Waals surface area contributed by atoms with Gasteiger partial charge in [0.15, 0.2) is 0 Å². The Kier molecular flexibility index (Phi) is 6.91. The molecule has 0 spiro atoms. The molecule has 0 atom stereocenters. The van der Waals surface area contributed by atoms with E-state index in [1.54, 1.807) is 6.26 Å². The SMILES string of the molecule is Cc1ccccc1NC(=O)c1nnc(CCCC(=O)NCCc2ccco2)s1. The number of nitrogens with zero attached hydrogens (tertiary/aromatic N) is 2. The van der Waals surface area contributed by atoms with Crippen LogP contribution < -0.4 is 10.6 Å². The fourth-order valence-electron chi connectivity index (χ4n) is 2.60. The lowest BCUT2D eigenvalue weighted by Gasteiger charge is -2.05. The van der Waals surface area contributed by atoms with Crippen molar-refractivity contribution in [1.82, 2.24) is 15.5 Å². The Hall–Kier alpha value is -3.00. The number of benzene rings is 1. The van der Waals surface area contributed by atoms with Gasteiger partial charge in [-0.25, -0.2) is 0 Å². The van der Waals surface area contributed by atoms with E-state index in [1.807, 2.05) is 43.3 Å². The third-order valence-electron chi connectivity index (χ3n) is 4.12. The van der Waals surface area contributed by atoms with E-state index in [1.165, 1.54) is 11.3 Å². The molecule has 28 heavy (non-hydrogen) atoms. The molecule has 0 saturated heterocycles. The van der Waals surface area contributed by atoms with Crippen LogP contribution in [0.15, 0.2) is 47.1 Å². The van der Waals surface area contributed by atoms with Crippen molar-refractivity contribution in [3.05, 3.63) is 64.0 Å². The van der Waals surface area contributed by atoms with Crippen molar-refractivity contribution >= 4 is 28.8 Å². The minimum atomic E-state index is -0.270. The van der Waals surface area contributed by atoms with Crippen LogP contribution in [0.3, 0.4) is 0 Å². The molecule has 8 heteroatoms. The summed E-state index contributed by atoms with van der Waals surface area (Å²) >= 11 is 1.26. The summed E-state index contributed by atoms with van der Waals surface area (Å²) in [7, 11) is 0. The molecule has 146 valence electrons. The van der Waals surface area contributed by atoms with Gasteiger partial charge in [-0.1, -0.05) is 29.5 Å². The fraction of sp³-hybridized carbons (Fsp3) is 0.300. The highest BCUT2D eigenvalue weighted by Crippen LogP contribution is 2.17. The molecular formula is C20H22N4O3S. The topological polar surface area (TPSA) is 97.1 Å². The van der Waals surface area contributed by atoms with Gasteiger partial charge in [-0.2, -0.15) is 0 Å². The summed E-state index contributed by atoms with van der Waals surface area (Å²) < 4.78 is 5.22. The Morgan fingerprint density at radius 2 is 1.96 bits per heavy atom. The van der Waals surface area contributed by atoms with E-state index in [0.717, 1.165) is 22.0 Å². The molecule has 7 nitrogen and oxygen atoms in total. The zero-order valence-electron chi connectivity index (χ0n) is 15.6. The Morgan fingerprint density at radius 1 is 1.11 bits per heavy atom. The highest BCUT2D eigenvalue weighted by molar-refractivity contribution is 7.13. The van der Waals surface area contributed by atoms with E-state index in [2.05, 4.69) is 20.8 Å². The molecule has 2 aromatic heterocycles. The Morgan fingerprint density at radius 3 is 2.75 bits per heavy atom. The van der Waals surface area contributed by atoms with Crippen LogP contribution in [0, 0.1) is 6.92 Å². The zero-order chi connectivity index (χ0) is 19.8. The van der Waals surface area contributed by atoms with Crippen molar-refractivity contribution in [2.75, 3.05) is 11.9 Å². The number of furan rings is 1. The lowest BCUT2D eigenvalue weighted by molar-refractivity contribution is -0.121. The summed E-state index contributed by atoms with van der Waals surface area (Å²) in [5.41, 5.74) is 1.74. The van der Waals surface area contributed by atoms with Crippen molar-refractivity contribution in [3.63, 3.8) is 0 Å². The van der Waals surface area contributed by atoms with E-state index in [-0.39, 0.29) is 11.8 Å². The number of carbonyl (C=O) groups is 2. The van der Waals surface area contributed by atoms with Crippen molar-refractivity contribution in [2.24, 2.45) is 0 Å². The average molecular weight is 398 g/mol. The first-order valence-corrected chi connectivity index (χ1v) is 9.92. The molecule has 2 N–H and O–H groups in total. The number of aromatic nitrogens is 2. The lowest BCUT2D eigenvalue weighted by atomic mass is 10.2. The van der Waals surface area contributed by atoms with Crippen molar-refractivity contribution in [3.8, 4) is 0 Å². The maximum Gasteiger partial charge on any atom is 0.286 e. The van der Waals surface area contributed by atoms with Gasteiger partial charge in [-0.15, -0.1) is 10.2 Å². The molecule has 3 rings (SSSR count). The van der Waals surface area contributed by atoms with Gasteiger partial charge in [0, 0.05) is 31.5 Å². The van der Waals surface area contributed by atoms with Crippen molar-refractivity contribution in [1.29, 1.82) is 0 Å². The van der Waals surface area contributed by atoms with Crippen LogP contribution in [0.2, 0.25) is 0 Å². The second kappa shape index (κ2) is 9.80. The second-order valence-electron chi connectivity index (χ2n) is 6.30. The number of rotatable bonds is 9. The summed E-state index contributed by atoms with van der Waals surface area (Å²) in [5.74, 6) is 0.577. The van der Waals surface area contributed by atoms with Gasteiger partial charge in [0.05, 0.1) is 6.26 Å². The number of anilines is 1. The van der Waals surface area contributed by atoms with E-state index in [4.69, 9.17) is 4.42 Å². The van der Waals surface area contributed by atoms with Crippen LogP contribution in [-0.2, 0) is 17.6 Å². The van der Waals surface area contributed by atoms with Crippen LogP contribution >= 0.6 is 11.3 Å². The number of para-hydroxylation sites is 1. The minimum absolute atomic E-state index is 0.00593. The Labute approximate surface area is 167 Å². The van der Waals surface area contributed by atoms with Crippen molar-refractivity contribution < 1.29 is 14.0 Å². The summed E-state index contributed by atoms with van der Waals surface area (Å²) in [6.07, 6.45) is 3.97. The van der Waals surface area contributed by atoms with E-state index in [9.17, 15) is 9.59 Å². The summed E-state index contributed by atoms with van der Waals surface area (Å²) in [4.78, 5) is 24.2. The lowest BCUT2D eigenvalue weighted by Crippen LogP contribution is -2.25. The summed E-state index contributed by atoms with van der Waals surface area (Å²) in [6.45, 7) is 2.48. The second-order valence-corrected chi connectivity index (χ2v) is 7.36. The molecule has 0 aliphatic carbocycles. The predicted octanol–water partition coefficient (Wildman–Crippen LogP) is 3.37. The first kappa shape index (κ1) is 19.8. The number of nitrogens with one attached hydrogen (secondary N) is 2. The Balaban J connectivity index is 1.39. The highest BCUT2D eigenvalue weighted by Gasteiger charge is 2.14. The third-order valence-corrected chi connectivity index (χ3v) is 5.10. The van der Waals surface area contributed by atoms with Crippen LogP contribution in [0.4, 0.5) is 5.69 Å². The van der Waals surface area contributed by atoms with E-state index < -0.39 is 0 Å². The Bertz CT molecular complexity index is 921. The van der Waals surface area contributed by atoms with Gasteiger partial charge >= 0.3 is 0 Å². The van der Waals surface area contributed by atoms with Crippen LogP contribution in [0.25, 0.3) is 0 Å². The molecule has 0 unspecified atom stereocenters. The summed E-state index contributed by atoms with van der Waals surface area (Å²) in [5, 5.41) is 14.8. The monoisotopic (exact) mass is 398 g/mol. The predicted molar refractivity (Wildman–Crippen MR) is 107 cm³/mol. The molecule has 1 aromatic carbocycles. The largest absolute Gasteiger partial charge is 0.469 e. The average Bonchev–Trinajstić information content (AvgIpc) is 3.36. The van der Waals surface area contributed by atoms with Gasteiger partial charge < -0.3 is 15.1 Å². The first-order valence-electron chi connectivity index (χ1n) is 9.10. The maximum absolute atomic E-state index is 12.3. The molecule has 2 heterocycles. The molecule has 0 aliphatic heterocycles. The van der Waals surface area contributed by atoms with E-state index in [0.29, 0.717) is 37.2 Å². The van der Waals surface area contributed by atoms with Gasteiger partial charge in [0.2, 0.25) is 10.9 Å². The molecule has 3 aromatic rings. The van der Waals surface area contributed by atoms with E-state index >= 15 is 0 Å². The first-order chi connectivity index (χ1) is 13.6. The number of aryl methyl sites for hydroxylation is 2. The van der Waals surface area contributed by atoms with Gasteiger partial charge in [0.1, 0.15) is 10.8 Å². The number of amides is 2. The third kappa shape index (κ3) is 5.75. The van der Waals surface area contributed by atoms with Crippen LogP contribution in [0.5, 0.6) is 0 Å². The molecule has 0 bridgehead atoms. The molecule has 0 fully saturated rings. The quantitative estimate of drug-likeness (QED) is 0.576. The summed E-state index contributed by atoms with van der Waals surface area (Å²) in [6, 6.07) is 11.3. The normalized spacial score (nSPS) is 10.6. The number of hydrogen-bond donors (Lipinski definition) is 2. The number of hydrogen-bond acceptors (Lipinski definition) is 6. The van der Waals surface area contributed by atoms with Crippen LogP contribution in [0.1, 0.15) is 39.0 Å². The minimum Gasteiger partial charge on any atom is -0.469 e. The zero-order valence-corrected chi connectivity index (χ0v) is 16.4. The molecule has 0 aliphatic rings. The van der Waals surface area contributed by atoms with Gasteiger partial charge in [0.25, 0.3) is 5.91 Å². The molecule has 0 radical (unpaired) electrons. The van der Waals surface area contributed by atoms with Gasteiger partial charge in [-0.05, 0) is 37.1 Å². The fourth-order valence-corrected chi connectivity index (χ4v) is 3.38. The molecular weight excluding hydrogens is 376 g/mol. The highest BCUT2D eigenvalue weighted by atomic mass is 32.1. The smallest absolute Gasteiger partial charge is 0.286 e. The molecule has 2 amide bonds. The van der Waals surface area contributed by atoms with Crippen LogP contribution in [-0.4, -0.2) is 28.6 Å². The molecule has 0 saturated carbocycles. The number of carbonyl (C=O) groups excluding carboxylic acids is 2. The van der Waals surface area contributed by atoms with Gasteiger partial charge in [-0.3, -0.25) is 9.59 Å².